The Hall–Kier alpha value is -6.15. The molecule has 7 rings (SSSR count). The zero-order valence-corrected chi connectivity index (χ0v) is 40.6. The maximum atomic E-state index is 13.5. The van der Waals surface area contributed by atoms with Gasteiger partial charge in [0.1, 0.15) is 6.04 Å². The predicted molar refractivity (Wildman–Crippen MR) is 264 cm³/mol. The summed E-state index contributed by atoms with van der Waals surface area (Å²) in [5.41, 5.74) is 5.02. The van der Waals surface area contributed by atoms with Gasteiger partial charge >= 0.3 is 5.97 Å². The third kappa shape index (κ3) is 13.1. The highest BCUT2D eigenvalue weighted by molar-refractivity contribution is 7.88. The standard InChI is InChI=1S/C49H56ClN7O10S2/c1-30(58)46-37(16-19-44(62)63)45(50)47(68-46)32-10-7-12-35(26-32)53-33-20-23-56(24-21-33)69(66,67)29-31-9-6-11-34(25-31)54-41(59)15-4-2-3-5-22-51-43(61)27-52-39-14-8-13-36-38(39)28-57(49(36)65)40-17-18-42(60)55-48(40)64/h6-14,25-26,33,40,52-53H,2-5,15-24,27-29H2,1H3,(H,51,61)(H,54,59)(H,62,63)(H,55,60,64). The molecule has 2 fully saturated rings. The van der Waals surface area contributed by atoms with Gasteiger partial charge in [-0.2, -0.15) is 0 Å². The van der Waals surface area contributed by atoms with Gasteiger partial charge in [0.25, 0.3) is 5.91 Å². The number of hydrogen-bond donors (Lipinski definition) is 6. The summed E-state index contributed by atoms with van der Waals surface area (Å²) in [6.07, 6.45) is 4.83. The van der Waals surface area contributed by atoms with Gasteiger partial charge in [-0.25, -0.2) is 12.7 Å². The van der Waals surface area contributed by atoms with Crippen molar-refractivity contribution in [3.05, 3.63) is 98.9 Å². The van der Waals surface area contributed by atoms with Crippen LogP contribution in [-0.2, 0) is 52.7 Å². The number of hydrogen-bond acceptors (Lipinski definition) is 12. The number of amides is 5. The first kappa shape index (κ1) is 50.7. The minimum absolute atomic E-state index is 0.00659. The van der Waals surface area contributed by atoms with E-state index < -0.39 is 27.9 Å². The second kappa shape index (κ2) is 23.0. The molecule has 4 aromatic rings. The van der Waals surface area contributed by atoms with Gasteiger partial charge in [0.15, 0.2) is 5.78 Å². The second-order valence-electron chi connectivity index (χ2n) is 17.5. The second-order valence-corrected chi connectivity index (χ2v) is 20.9. The zero-order chi connectivity index (χ0) is 49.2. The first-order valence-electron chi connectivity index (χ1n) is 23.1. The molecule has 0 aliphatic carbocycles. The molecule has 4 heterocycles. The topological polar surface area (TPSA) is 240 Å². The number of halogens is 1. The number of sulfonamides is 1. The maximum Gasteiger partial charge on any atom is 0.303 e. The molecule has 3 aliphatic heterocycles. The highest BCUT2D eigenvalue weighted by Gasteiger charge is 2.40. The Morgan fingerprint density at radius 1 is 0.884 bits per heavy atom. The molecule has 0 bridgehead atoms. The van der Waals surface area contributed by atoms with Crippen LogP contribution in [0, 0.1) is 0 Å². The van der Waals surface area contributed by atoms with Crippen molar-refractivity contribution in [2.24, 2.45) is 0 Å². The van der Waals surface area contributed by atoms with Gasteiger partial charge in [0.05, 0.1) is 27.1 Å². The number of Topliss-reactive ketones (excluding diaryl/α,β-unsaturated/α-hetero) is 1. The van der Waals surface area contributed by atoms with E-state index in [0.717, 1.165) is 30.5 Å². The Labute approximate surface area is 409 Å². The molecule has 20 heteroatoms. The van der Waals surface area contributed by atoms with Crippen LogP contribution in [0.4, 0.5) is 17.1 Å². The molecule has 366 valence electrons. The van der Waals surface area contributed by atoms with E-state index >= 15 is 0 Å². The fourth-order valence-electron chi connectivity index (χ4n) is 8.88. The van der Waals surface area contributed by atoms with Crippen LogP contribution in [-0.4, -0.2) is 102 Å². The van der Waals surface area contributed by atoms with E-state index in [4.69, 9.17) is 11.6 Å². The Morgan fingerprint density at radius 3 is 2.38 bits per heavy atom. The monoisotopic (exact) mass is 1000 g/mol. The lowest BCUT2D eigenvalue weighted by Gasteiger charge is -2.32. The third-order valence-corrected chi connectivity index (χ3v) is 16.2. The van der Waals surface area contributed by atoms with E-state index in [2.05, 4.69) is 26.6 Å². The van der Waals surface area contributed by atoms with Crippen LogP contribution in [0.25, 0.3) is 10.4 Å². The summed E-state index contributed by atoms with van der Waals surface area (Å²) >= 11 is 7.96. The number of thiophene rings is 1. The normalized spacial score (nSPS) is 16.5. The van der Waals surface area contributed by atoms with E-state index in [1.807, 2.05) is 24.3 Å². The van der Waals surface area contributed by atoms with Crippen molar-refractivity contribution in [3.8, 4) is 10.4 Å². The van der Waals surface area contributed by atoms with Crippen molar-refractivity contribution in [2.75, 3.05) is 42.1 Å². The van der Waals surface area contributed by atoms with Gasteiger partial charge in [-0.05, 0) is 98.5 Å². The molecule has 0 radical (unpaired) electrons. The number of imide groups is 1. The number of carbonyl (C=O) groups excluding carboxylic acids is 6. The summed E-state index contributed by atoms with van der Waals surface area (Å²) < 4.78 is 28.6. The van der Waals surface area contributed by atoms with E-state index in [-0.39, 0.29) is 86.4 Å². The van der Waals surface area contributed by atoms with E-state index in [1.165, 1.54) is 27.5 Å². The fraction of sp³-hybridized carbons (Fsp3) is 0.408. The molecule has 3 aromatic carbocycles. The lowest BCUT2D eigenvalue weighted by atomic mass is 10.0. The predicted octanol–water partition coefficient (Wildman–Crippen LogP) is 6.57. The number of benzene rings is 3. The number of ketones is 1. The molecule has 0 saturated carbocycles. The number of fused-ring (bicyclic) bond motifs is 1. The average molecular weight is 1000 g/mol. The number of piperidine rings is 2. The lowest BCUT2D eigenvalue weighted by molar-refractivity contribution is -0.138. The van der Waals surface area contributed by atoms with Gasteiger partial charge in [-0.3, -0.25) is 38.9 Å². The Bertz CT molecular complexity index is 2740. The highest BCUT2D eigenvalue weighted by Crippen LogP contribution is 2.42. The van der Waals surface area contributed by atoms with Crippen molar-refractivity contribution in [3.63, 3.8) is 0 Å². The van der Waals surface area contributed by atoms with E-state index in [9.17, 15) is 47.1 Å². The molecule has 69 heavy (non-hydrogen) atoms. The van der Waals surface area contributed by atoms with Gasteiger partial charge < -0.3 is 31.3 Å². The van der Waals surface area contributed by atoms with Crippen molar-refractivity contribution < 1.29 is 47.1 Å². The summed E-state index contributed by atoms with van der Waals surface area (Å²) in [5, 5.41) is 24.3. The summed E-state index contributed by atoms with van der Waals surface area (Å²) in [5.74, 6) is -2.86. The van der Waals surface area contributed by atoms with Crippen LogP contribution in [0.15, 0.2) is 66.7 Å². The van der Waals surface area contributed by atoms with Crippen LogP contribution >= 0.6 is 22.9 Å². The van der Waals surface area contributed by atoms with Crippen molar-refractivity contribution in [1.82, 2.24) is 19.8 Å². The van der Waals surface area contributed by atoms with E-state index in [1.54, 1.807) is 42.5 Å². The molecule has 17 nitrogen and oxygen atoms in total. The Balaban J connectivity index is 0.782. The summed E-state index contributed by atoms with van der Waals surface area (Å²) in [6.45, 7) is 2.76. The highest BCUT2D eigenvalue weighted by atomic mass is 35.5. The van der Waals surface area contributed by atoms with Crippen LogP contribution < -0.4 is 26.6 Å². The third-order valence-electron chi connectivity index (χ3n) is 12.4. The van der Waals surface area contributed by atoms with Crippen molar-refractivity contribution >= 4 is 91.3 Å². The Morgan fingerprint density at radius 2 is 1.62 bits per heavy atom. The lowest BCUT2D eigenvalue weighted by Crippen LogP contribution is -2.52. The van der Waals surface area contributed by atoms with Crippen LogP contribution in [0.1, 0.15) is 108 Å². The number of carboxylic acid groups (broad SMARTS) is 1. The number of unbranched alkanes of at least 4 members (excludes halogenated alkanes) is 3. The van der Waals surface area contributed by atoms with Gasteiger partial charge in [0.2, 0.25) is 33.7 Å². The van der Waals surface area contributed by atoms with Crippen molar-refractivity contribution in [2.45, 2.75) is 102 Å². The molecular formula is C49H56ClN7O10S2. The molecule has 1 aromatic heterocycles. The number of aliphatic carboxylic acids is 1. The number of rotatable bonds is 22. The van der Waals surface area contributed by atoms with Crippen LogP contribution in [0.3, 0.4) is 0 Å². The molecule has 5 amide bonds. The molecule has 1 atom stereocenters. The minimum atomic E-state index is -3.65. The average Bonchev–Trinajstić information content (AvgIpc) is 3.83. The molecular weight excluding hydrogens is 946 g/mol. The largest absolute Gasteiger partial charge is 0.481 e. The smallest absolute Gasteiger partial charge is 0.303 e. The van der Waals surface area contributed by atoms with Crippen LogP contribution in [0.2, 0.25) is 5.02 Å². The molecule has 1 unspecified atom stereocenters. The van der Waals surface area contributed by atoms with Gasteiger partial charge in [0, 0.05) is 79.7 Å². The number of carbonyl (C=O) groups is 7. The maximum absolute atomic E-state index is 13.5. The molecule has 3 aliphatic rings. The molecule has 6 N–H and O–H groups in total. The number of nitrogens with zero attached hydrogens (tertiary/aromatic N) is 2. The number of carboxylic acids is 1. The first-order chi connectivity index (χ1) is 33.1. The fourth-order valence-corrected chi connectivity index (χ4v) is 12.0. The number of anilines is 3. The van der Waals surface area contributed by atoms with Crippen molar-refractivity contribution in [1.29, 1.82) is 0 Å². The van der Waals surface area contributed by atoms with E-state index in [0.29, 0.717) is 87.3 Å². The quantitative estimate of drug-likeness (QED) is 0.0278. The molecule has 2 saturated heterocycles. The minimum Gasteiger partial charge on any atom is -0.481 e. The summed E-state index contributed by atoms with van der Waals surface area (Å²) in [4.78, 5) is 88.7. The summed E-state index contributed by atoms with van der Waals surface area (Å²) in [6, 6.07) is 18.9. The first-order valence-corrected chi connectivity index (χ1v) is 25.9. The Kier molecular flexibility index (Phi) is 16.9. The van der Waals surface area contributed by atoms with Gasteiger partial charge in [-0.15, -0.1) is 11.3 Å². The SMILES string of the molecule is CC(=O)c1sc(-c2cccc(NC3CCN(S(=O)(=O)Cc4cccc(NC(=O)CCCCCCNC(=O)CNc5cccc6c5CN(C5CCC(=O)NC5=O)C6=O)c4)CC3)c2)c(Cl)c1CCC(=O)O. The van der Waals surface area contributed by atoms with Crippen LogP contribution in [0.5, 0.6) is 0 Å². The zero-order valence-electron chi connectivity index (χ0n) is 38.2. The number of nitrogens with one attached hydrogen (secondary N) is 5. The summed E-state index contributed by atoms with van der Waals surface area (Å²) in [7, 11) is -3.65. The molecule has 0 spiro atoms. The van der Waals surface area contributed by atoms with Gasteiger partial charge in [-0.1, -0.05) is 54.8 Å².